The van der Waals surface area contributed by atoms with Crippen LogP contribution in [0.5, 0.6) is 0 Å². The summed E-state index contributed by atoms with van der Waals surface area (Å²) in [6.45, 7) is 2.19. The molecule has 0 saturated carbocycles. The molecule has 1 aromatic rings. The molecule has 0 radical (unpaired) electrons. The third-order valence-corrected chi connectivity index (χ3v) is 3.30. The Morgan fingerprint density at radius 2 is 2.33 bits per heavy atom. The van der Waals surface area contributed by atoms with E-state index in [0.29, 0.717) is 12.2 Å². The van der Waals surface area contributed by atoms with Gasteiger partial charge in [0.15, 0.2) is 0 Å². The average Bonchev–Trinajstić information content (AvgIpc) is 2.69. The van der Waals surface area contributed by atoms with Crippen LogP contribution in [-0.2, 0) is 20.9 Å². The number of nitrogens with two attached hydrogens (primary N) is 1. The maximum Gasteiger partial charge on any atom is 0.316 e. The van der Waals surface area contributed by atoms with E-state index in [1.54, 1.807) is 25.1 Å². The minimum absolute atomic E-state index is 0.0895. The molecule has 4 nitrogen and oxygen atoms in total. The fourth-order valence-corrected chi connectivity index (χ4v) is 1.82. The number of carbonyl (C=O) groups excluding carboxylic acids is 1. The van der Waals surface area contributed by atoms with Gasteiger partial charge in [0.1, 0.15) is 17.8 Å². The molecule has 1 aliphatic heterocycles. The summed E-state index contributed by atoms with van der Waals surface area (Å²) in [6.07, 6.45) is 0. The molecule has 0 bridgehead atoms. The number of rotatable bonds is 3. The van der Waals surface area contributed by atoms with Crippen LogP contribution in [-0.4, -0.2) is 25.2 Å². The minimum Gasteiger partial charge on any atom is -0.460 e. The maximum atomic E-state index is 13.3. The van der Waals surface area contributed by atoms with E-state index in [1.165, 1.54) is 6.07 Å². The molecule has 5 heteroatoms. The SMILES string of the molecule is CC1(C(=O)OCc2ccccc2F)COCC1N. The van der Waals surface area contributed by atoms with E-state index in [1.807, 2.05) is 0 Å². The number of hydrogen-bond acceptors (Lipinski definition) is 4. The van der Waals surface area contributed by atoms with Gasteiger partial charge in [-0.2, -0.15) is 0 Å². The van der Waals surface area contributed by atoms with Crippen molar-refractivity contribution in [2.75, 3.05) is 13.2 Å². The van der Waals surface area contributed by atoms with E-state index in [9.17, 15) is 9.18 Å². The van der Waals surface area contributed by atoms with Gasteiger partial charge in [0, 0.05) is 11.6 Å². The first-order valence-electron chi connectivity index (χ1n) is 5.78. The van der Waals surface area contributed by atoms with Gasteiger partial charge in [-0.25, -0.2) is 4.39 Å². The van der Waals surface area contributed by atoms with E-state index >= 15 is 0 Å². The lowest BCUT2D eigenvalue weighted by Gasteiger charge is -2.24. The van der Waals surface area contributed by atoms with Crippen LogP contribution in [0.25, 0.3) is 0 Å². The maximum absolute atomic E-state index is 13.3. The second-order valence-corrected chi connectivity index (χ2v) is 4.71. The summed E-state index contributed by atoms with van der Waals surface area (Å²) in [5.74, 6) is -0.835. The van der Waals surface area contributed by atoms with Crippen LogP contribution in [0.1, 0.15) is 12.5 Å². The highest BCUT2D eigenvalue weighted by atomic mass is 19.1. The number of benzene rings is 1. The molecular formula is C13H16FNO3. The van der Waals surface area contributed by atoms with Crippen LogP contribution < -0.4 is 5.73 Å². The van der Waals surface area contributed by atoms with Crippen LogP contribution in [0.15, 0.2) is 24.3 Å². The molecule has 1 aliphatic rings. The molecule has 1 fully saturated rings. The Kier molecular flexibility index (Phi) is 3.63. The lowest BCUT2D eigenvalue weighted by atomic mass is 9.86. The van der Waals surface area contributed by atoms with Crippen LogP contribution in [0.2, 0.25) is 0 Å². The Morgan fingerprint density at radius 3 is 2.94 bits per heavy atom. The lowest BCUT2D eigenvalue weighted by Crippen LogP contribution is -2.45. The molecule has 0 aromatic heterocycles. The van der Waals surface area contributed by atoms with Gasteiger partial charge in [-0.1, -0.05) is 18.2 Å². The van der Waals surface area contributed by atoms with Crippen molar-refractivity contribution in [2.45, 2.75) is 19.6 Å². The third kappa shape index (κ3) is 2.37. The lowest BCUT2D eigenvalue weighted by molar-refractivity contribution is -0.156. The summed E-state index contributed by atoms with van der Waals surface area (Å²) >= 11 is 0. The molecule has 18 heavy (non-hydrogen) atoms. The first-order chi connectivity index (χ1) is 8.54. The molecule has 0 spiro atoms. The molecule has 2 atom stereocenters. The quantitative estimate of drug-likeness (QED) is 0.823. The van der Waals surface area contributed by atoms with Crippen molar-refractivity contribution >= 4 is 5.97 Å². The largest absolute Gasteiger partial charge is 0.460 e. The molecule has 2 N–H and O–H groups in total. The highest BCUT2D eigenvalue weighted by molar-refractivity contribution is 5.78. The molecule has 0 aliphatic carbocycles. The Bertz CT molecular complexity index is 452. The highest BCUT2D eigenvalue weighted by Crippen LogP contribution is 2.29. The van der Waals surface area contributed by atoms with Gasteiger partial charge >= 0.3 is 5.97 Å². The normalized spacial score (nSPS) is 27.2. The minimum atomic E-state index is -0.842. The molecule has 1 heterocycles. The first kappa shape index (κ1) is 13.0. The molecule has 1 aromatic carbocycles. The van der Waals surface area contributed by atoms with Crippen molar-refractivity contribution in [1.82, 2.24) is 0 Å². The van der Waals surface area contributed by atoms with Gasteiger partial charge in [0.05, 0.1) is 13.2 Å². The van der Waals surface area contributed by atoms with Crippen molar-refractivity contribution in [3.63, 3.8) is 0 Å². The number of ether oxygens (including phenoxy) is 2. The predicted octanol–water partition coefficient (Wildman–Crippen LogP) is 1.23. The predicted molar refractivity (Wildman–Crippen MR) is 63.1 cm³/mol. The van der Waals surface area contributed by atoms with Gasteiger partial charge in [-0.15, -0.1) is 0 Å². The molecule has 1 saturated heterocycles. The van der Waals surface area contributed by atoms with E-state index < -0.39 is 11.4 Å². The van der Waals surface area contributed by atoms with Crippen molar-refractivity contribution in [3.05, 3.63) is 35.6 Å². The van der Waals surface area contributed by atoms with E-state index in [4.69, 9.17) is 15.2 Å². The van der Waals surface area contributed by atoms with E-state index in [0.717, 1.165) is 0 Å². The van der Waals surface area contributed by atoms with Crippen LogP contribution in [0.4, 0.5) is 4.39 Å². The zero-order chi connectivity index (χ0) is 13.2. The van der Waals surface area contributed by atoms with Gasteiger partial charge in [0.25, 0.3) is 0 Å². The Morgan fingerprint density at radius 1 is 1.61 bits per heavy atom. The smallest absolute Gasteiger partial charge is 0.316 e. The molecule has 2 unspecified atom stereocenters. The monoisotopic (exact) mass is 253 g/mol. The summed E-state index contributed by atoms with van der Waals surface area (Å²) in [5, 5.41) is 0. The van der Waals surface area contributed by atoms with Gasteiger partial charge in [-0.05, 0) is 13.0 Å². The Hall–Kier alpha value is -1.46. The Labute approximate surface area is 105 Å². The Balaban J connectivity index is 1.99. The van der Waals surface area contributed by atoms with Crippen LogP contribution in [0.3, 0.4) is 0 Å². The van der Waals surface area contributed by atoms with Crippen molar-refractivity contribution in [3.8, 4) is 0 Å². The second kappa shape index (κ2) is 5.04. The summed E-state index contributed by atoms with van der Waals surface area (Å²) in [7, 11) is 0. The summed E-state index contributed by atoms with van der Waals surface area (Å²) in [4.78, 5) is 12.0. The van der Waals surface area contributed by atoms with Crippen molar-refractivity contribution in [2.24, 2.45) is 11.1 Å². The average molecular weight is 253 g/mol. The first-order valence-corrected chi connectivity index (χ1v) is 5.78. The topological polar surface area (TPSA) is 61.5 Å². The number of halogens is 1. The van der Waals surface area contributed by atoms with E-state index in [-0.39, 0.29) is 25.1 Å². The molecule has 2 rings (SSSR count). The zero-order valence-corrected chi connectivity index (χ0v) is 10.2. The number of esters is 1. The zero-order valence-electron chi connectivity index (χ0n) is 10.2. The molecular weight excluding hydrogens is 237 g/mol. The standard InChI is InChI=1S/C13H16FNO3/c1-13(8-17-7-11(13)15)12(16)18-6-9-4-2-3-5-10(9)14/h2-5,11H,6-8,15H2,1H3. The number of hydrogen-bond donors (Lipinski definition) is 1. The highest BCUT2D eigenvalue weighted by Gasteiger charge is 2.45. The van der Waals surface area contributed by atoms with Crippen LogP contribution >= 0.6 is 0 Å². The van der Waals surface area contributed by atoms with Gasteiger partial charge in [0.2, 0.25) is 0 Å². The van der Waals surface area contributed by atoms with Gasteiger partial charge < -0.3 is 15.2 Å². The summed E-state index contributed by atoms with van der Waals surface area (Å²) in [6, 6.07) is 5.80. The van der Waals surface area contributed by atoms with Crippen molar-refractivity contribution < 1.29 is 18.7 Å². The third-order valence-electron chi connectivity index (χ3n) is 3.30. The van der Waals surface area contributed by atoms with E-state index in [2.05, 4.69) is 0 Å². The fourth-order valence-electron chi connectivity index (χ4n) is 1.82. The number of carbonyl (C=O) groups is 1. The summed E-state index contributed by atoms with van der Waals surface area (Å²) < 4.78 is 23.6. The van der Waals surface area contributed by atoms with Crippen molar-refractivity contribution in [1.29, 1.82) is 0 Å². The molecule has 98 valence electrons. The van der Waals surface area contributed by atoms with Crippen LogP contribution in [0, 0.1) is 11.2 Å². The molecule has 0 amide bonds. The second-order valence-electron chi connectivity index (χ2n) is 4.71. The van der Waals surface area contributed by atoms with Gasteiger partial charge in [-0.3, -0.25) is 4.79 Å². The fraction of sp³-hybridized carbons (Fsp3) is 0.462. The summed E-state index contributed by atoms with van der Waals surface area (Å²) in [5.41, 5.74) is 5.32.